The number of halogens is 1. The van der Waals surface area contributed by atoms with Gasteiger partial charge in [-0.05, 0) is 46.2 Å². The zero-order valence-electron chi connectivity index (χ0n) is 10.2. The summed E-state index contributed by atoms with van der Waals surface area (Å²) in [6.45, 7) is 2.16. The Morgan fingerprint density at radius 1 is 1.37 bits per heavy atom. The third-order valence-electron chi connectivity index (χ3n) is 3.02. The van der Waals surface area contributed by atoms with Crippen molar-refractivity contribution in [1.29, 1.82) is 0 Å². The first kappa shape index (κ1) is 13.0. The molecule has 3 aromatic rings. The van der Waals surface area contributed by atoms with Crippen LogP contribution in [0.1, 0.15) is 12.5 Å². The Kier molecular flexibility index (Phi) is 3.52. The summed E-state index contributed by atoms with van der Waals surface area (Å²) in [7, 11) is 0. The summed E-state index contributed by atoms with van der Waals surface area (Å²) in [5.74, 6) is 0. The summed E-state index contributed by atoms with van der Waals surface area (Å²) in [5.41, 5.74) is 4.29. The molecule has 0 aliphatic heterocycles. The molecule has 0 saturated carbocycles. The van der Waals surface area contributed by atoms with E-state index in [0.717, 1.165) is 30.9 Å². The van der Waals surface area contributed by atoms with Gasteiger partial charge in [0.25, 0.3) is 0 Å². The van der Waals surface area contributed by atoms with Crippen LogP contribution in [0.4, 0.5) is 0 Å². The average molecular weight is 351 g/mol. The van der Waals surface area contributed by atoms with Gasteiger partial charge in [-0.25, -0.2) is 4.98 Å². The third-order valence-corrected chi connectivity index (χ3v) is 4.79. The lowest BCUT2D eigenvalue weighted by atomic mass is 10.0. The van der Waals surface area contributed by atoms with Gasteiger partial charge in [-0.1, -0.05) is 31.2 Å². The van der Waals surface area contributed by atoms with E-state index in [1.807, 2.05) is 6.07 Å². The average Bonchev–Trinajstić information content (AvgIpc) is 2.77. The monoisotopic (exact) mass is 350 g/mol. The van der Waals surface area contributed by atoms with Crippen molar-refractivity contribution in [1.82, 2.24) is 9.97 Å². The van der Waals surface area contributed by atoms with Crippen molar-refractivity contribution >= 4 is 49.8 Å². The van der Waals surface area contributed by atoms with Gasteiger partial charge in [-0.15, -0.1) is 11.3 Å². The quantitative estimate of drug-likeness (QED) is 0.631. The van der Waals surface area contributed by atoms with E-state index >= 15 is 0 Å². The lowest BCUT2D eigenvalue weighted by molar-refractivity contribution is 1.13. The van der Waals surface area contributed by atoms with Crippen molar-refractivity contribution < 1.29 is 0 Å². The van der Waals surface area contributed by atoms with E-state index in [9.17, 15) is 0 Å². The summed E-state index contributed by atoms with van der Waals surface area (Å²) in [4.78, 5) is 7.85. The van der Waals surface area contributed by atoms with E-state index in [1.165, 1.54) is 11.1 Å². The number of aromatic amines is 1. The van der Waals surface area contributed by atoms with Crippen molar-refractivity contribution in [2.75, 3.05) is 0 Å². The molecule has 1 aromatic carbocycles. The first-order valence-corrected chi connectivity index (χ1v) is 7.98. The van der Waals surface area contributed by atoms with Gasteiger partial charge in [0, 0.05) is 10.0 Å². The number of hydrogen-bond acceptors (Lipinski definition) is 3. The molecule has 5 heteroatoms. The molecule has 0 amide bonds. The normalized spacial score (nSPS) is 11.1. The van der Waals surface area contributed by atoms with Crippen LogP contribution in [-0.2, 0) is 6.42 Å². The van der Waals surface area contributed by atoms with Crippen LogP contribution in [0, 0.1) is 3.95 Å². The minimum Gasteiger partial charge on any atom is -0.322 e. The van der Waals surface area contributed by atoms with Crippen molar-refractivity contribution in [2.24, 2.45) is 0 Å². The lowest BCUT2D eigenvalue weighted by Gasteiger charge is -2.08. The molecule has 2 aromatic heterocycles. The zero-order chi connectivity index (χ0) is 13.4. The molecule has 0 fully saturated rings. The van der Waals surface area contributed by atoms with E-state index in [-0.39, 0.29) is 0 Å². The Labute approximate surface area is 128 Å². The molecule has 0 unspecified atom stereocenters. The van der Waals surface area contributed by atoms with Crippen LogP contribution in [0.25, 0.3) is 21.6 Å². The van der Waals surface area contributed by atoms with Crippen LogP contribution in [0.2, 0.25) is 0 Å². The molecule has 0 spiro atoms. The highest BCUT2D eigenvalue weighted by atomic mass is 79.9. The molecule has 0 radical (unpaired) electrons. The predicted octanol–water partition coefficient (Wildman–Crippen LogP) is 5.35. The van der Waals surface area contributed by atoms with E-state index in [0.29, 0.717) is 0 Å². The lowest BCUT2D eigenvalue weighted by Crippen LogP contribution is -1.92. The maximum atomic E-state index is 5.17. The van der Waals surface area contributed by atoms with Gasteiger partial charge in [0.1, 0.15) is 5.65 Å². The molecule has 2 heterocycles. The van der Waals surface area contributed by atoms with Gasteiger partial charge in [0.2, 0.25) is 0 Å². The molecule has 96 valence electrons. The fourth-order valence-electron chi connectivity index (χ4n) is 2.11. The van der Waals surface area contributed by atoms with Crippen LogP contribution < -0.4 is 0 Å². The van der Waals surface area contributed by atoms with E-state index < -0.39 is 0 Å². The molecule has 19 heavy (non-hydrogen) atoms. The Morgan fingerprint density at radius 2 is 2.16 bits per heavy atom. The van der Waals surface area contributed by atoms with E-state index in [4.69, 9.17) is 17.2 Å². The van der Waals surface area contributed by atoms with Gasteiger partial charge in [-0.2, -0.15) is 0 Å². The van der Waals surface area contributed by atoms with Crippen molar-refractivity contribution in [3.63, 3.8) is 0 Å². The van der Waals surface area contributed by atoms with Crippen molar-refractivity contribution in [2.45, 2.75) is 13.3 Å². The highest BCUT2D eigenvalue weighted by molar-refractivity contribution is 9.10. The number of thiazole rings is 1. The molecule has 0 bridgehead atoms. The largest absolute Gasteiger partial charge is 0.322 e. The first-order valence-electron chi connectivity index (χ1n) is 5.96. The number of aromatic nitrogens is 2. The fourth-order valence-corrected chi connectivity index (χ4v) is 3.88. The third kappa shape index (κ3) is 2.38. The maximum absolute atomic E-state index is 5.17. The summed E-state index contributed by atoms with van der Waals surface area (Å²) in [5, 5.41) is 0. The SMILES string of the molecule is CCc1ccccc1-c1nc2[nH]c(=S)sc2cc1Br. The number of aryl methyl sites for hydroxylation is 1. The smallest absolute Gasteiger partial charge is 0.160 e. The summed E-state index contributed by atoms with van der Waals surface area (Å²) in [6, 6.07) is 10.4. The van der Waals surface area contributed by atoms with Crippen LogP contribution in [0.3, 0.4) is 0 Å². The minimum atomic E-state index is 0.760. The maximum Gasteiger partial charge on any atom is 0.160 e. The molecule has 0 atom stereocenters. The summed E-state index contributed by atoms with van der Waals surface area (Å²) < 4.78 is 2.84. The van der Waals surface area contributed by atoms with Crippen LogP contribution in [0.5, 0.6) is 0 Å². The second kappa shape index (κ2) is 5.15. The Bertz CT molecular complexity index is 805. The molecular weight excluding hydrogens is 340 g/mol. The second-order valence-electron chi connectivity index (χ2n) is 4.19. The van der Waals surface area contributed by atoms with E-state index in [1.54, 1.807) is 11.3 Å². The van der Waals surface area contributed by atoms with Gasteiger partial charge < -0.3 is 4.98 Å². The molecule has 3 rings (SSSR count). The first-order chi connectivity index (χ1) is 9.19. The number of nitrogens with zero attached hydrogens (tertiary/aromatic N) is 1. The number of hydrogen-bond donors (Lipinski definition) is 1. The van der Waals surface area contributed by atoms with Crippen LogP contribution in [0.15, 0.2) is 34.8 Å². The molecule has 0 aliphatic carbocycles. The number of nitrogens with one attached hydrogen (secondary N) is 1. The van der Waals surface area contributed by atoms with Crippen molar-refractivity contribution in [3.8, 4) is 11.3 Å². The molecule has 2 nitrogen and oxygen atoms in total. The van der Waals surface area contributed by atoms with Crippen molar-refractivity contribution in [3.05, 3.63) is 44.3 Å². The van der Waals surface area contributed by atoms with E-state index in [2.05, 4.69) is 52.1 Å². The number of fused-ring (bicyclic) bond motifs is 1. The summed E-state index contributed by atoms with van der Waals surface area (Å²) in [6.07, 6.45) is 0.988. The van der Waals surface area contributed by atoms with Gasteiger partial charge in [0.05, 0.1) is 10.4 Å². The Balaban J connectivity index is 2.29. The standard InChI is InChI=1S/C14H11BrN2S2/c1-2-8-5-3-4-6-9(8)12-10(15)7-11-13(16-12)17-14(18)19-11/h3-7H,2H2,1H3,(H,16,17,18). The van der Waals surface area contributed by atoms with Crippen LogP contribution in [-0.4, -0.2) is 9.97 Å². The number of rotatable bonds is 2. The molecular formula is C14H11BrN2S2. The molecule has 1 N–H and O–H groups in total. The second-order valence-corrected chi connectivity index (χ2v) is 6.76. The van der Waals surface area contributed by atoms with Gasteiger partial charge >= 0.3 is 0 Å². The predicted molar refractivity (Wildman–Crippen MR) is 87.3 cm³/mol. The Hall–Kier alpha value is -1.04. The topological polar surface area (TPSA) is 28.7 Å². The molecule has 0 saturated heterocycles. The zero-order valence-corrected chi connectivity index (χ0v) is 13.5. The summed E-state index contributed by atoms with van der Waals surface area (Å²) >= 11 is 10.3. The number of benzene rings is 1. The van der Waals surface area contributed by atoms with Crippen LogP contribution >= 0.6 is 39.5 Å². The minimum absolute atomic E-state index is 0.760. The van der Waals surface area contributed by atoms with Gasteiger partial charge in [0.15, 0.2) is 3.95 Å². The number of pyridine rings is 1. The highest BCUT2D eigenvalue weighted by Crippen LogP contribution is 2.33. The highest BCUT2D eigenvalue weighted by Gasteiger charge is 2.11. The number of H-pyrrole nitrogens is 1. The Morgan fingerprint density at radius 3 is 2.95 bits per heavy atom. The molecule has 0 aliphatic rings. The fraction of sp³-hybridized carbons (Fsp3) is 0.143. The van der Waals surface area contributed by atoms with Gasteiger partial charge in [-0.3, -0.25) is 0 Å².